The molecule has 0 heterocycles. The SMILES string of the molecule is N#Cc1cc(S(=O)(=O)c2ccc(O)c(C#N)c2)ccc1O. The summed E-state index contributed by atoms with van der Waals surface area (Å²) in [6.07, 6.45) is 0. The fourth-order valence-electron chi connectivity index (χ4n) is 1.68. The molecule has 2 aromatic rings. The average Bonchev–Trinajstić information content (AvgIpc) is 2.47. The molecule has 2 aromatic carbocycles. The van der Waals surface area contributed by atoms with E-state index in [0.717, 1.165) is 36.4 Å². The predicted octanol–water partition coefficient (Wildman–Crippen LogP) is 1.67. The van der Waals surface area contributed by atoms with Gasteiger partial charge in [-0.3, -0.25) is 0 Å². The van der Waals surface area contributed by atoms with E-state index in [0.29, 0.717) is 0 Å². The van der Waals surface area contributed by atoms with Crippen molar-refractivity contribution < 1.29 is 18.6 Å². The molecule has 0 atom stereocenters. The number of hydrogen-bond donors (Lipinski definition) is 2. The Balaban J connectivity index is 2.63. The summed E-state index contributed by atoms with van der Waals surface area (Å²) in [5, 5.41) is 36.4. The molecule has 0 aromatic heterocycles. The van der Waals surface area contributed by atoms with Crippen LogP contribution in [-0.2, 0) is 9.84 Å². The first-order valence-corrected chi connectivity index (χ1v) is 7.10. The lowest BCUT2D eigenvalue weighted by molar-refractivity contribution is 0.472. The van der Waals surface area contributed by atoms with Gasteiger partial charge in [-0.05, 0) is 36.4 Å². The molecule has 0 saturated carbocycles. The molecule has 21 heavy (non-hydrogen) atoms. The Kier molecular flexibility index (Phi) is 3.53. The van der Waals surface area contributed by atoms with Crippen LogP contribution in [0.3, 0.4) is 0 Å². The molecule has 0 fully saturated rings. The number of hydrogen-bond acceptors (Lipinski definition) is 6. The van der Waals surface area contributed by atoms with Crippen molar-refractivity contribution >= 4 is 9.84 Å². The van der Waals surface area contributed by atoms with E-state index in [2.05, 4.69) is 0 Å². The minimum absolute atomic E-state index is 0.171. The molecule has 0 unspecified atom stereocenters. The molecule has 0 aliphatic carbocycles. The third-order valence-electron chi connectivity index (χ3n) is 2.80. The van der Waals surface area contributed by atoms with Gasteiger partial charge in [0.15, 0.2) is 0 Å². The van der Waals surface area contributed by atoms with Gasteiger partial charge in [0.2, 0.25) is 9.84 Å². The van der Waals surface area contributed by atoms with Gasteiger partial charge in [0, 0.05) is 0 Å². The summed E-state index contributed by atoms with van der Waals surface area (Å²) in [5.74, 6) is -0.639. The number of benzene rings is 2. The van der Waals surface area contributed by atoms with E-state index in [9.17, 15) is 18.6 Å². The minimum Gasteiger partial charge on any atom is -0.507 e. The summed E-state index contributed by atoms with van der Waals surface area (Å²) in [6, 6.07) is 9.99. The van der Waals surface area contributed by atoms with Crippen molar-refractivity contribution in [2.45, 2.75) is 9.79 Å². The van der Waals surface area contributed by atoms with Gasteiger partial charge in [-0.15, -0.1) is 0 Å². The highest BCUT2D eigenvalue weighted by Crippen LogP contribution is 2.28. The zero-order chi connectivity index (χ0) is 15.6. The average molecular weight is 300 g/mol. The van der Waals surface area contributed by atoms with Crippen LogP contribution in [0, 0.1) is 22.7 Å². The van der Waals surface area contributed by atoms with Crippen LogP contribution in [0.5, 0.6) is 11.5 Å². The molecule has 7 heteroatoms. The van der Waals surface area contributed by atoms with Crippen molar-refractivity contribution in [1.29, 1.82) is 10.5 Å². The Morgan fingerprint density at radius 3 is 1.52 bits per heavy atom. The Labute approximate surface area is 120 Å². The maximum atomic E-state index is 12.4. The molecular formula is C14H8N2O4S. The van der Waals surface area contributed by atoms with Gasteiger partial charge in [-0.2, -0.15) is 10.5 Å². The monoisotopic (exact) mass is 300 g/mol. The van der Waals surface area contributed by atoms with Gasteiger partial charge >= 0.3 is 0 Å². The number of rotatable bonds is 2. The molecular weight excluding hydrogens is 292 g/mol. The van der Waals surface area contributed by atoms with Crippen molar-refractivity contribution in [3.63, 3.8) is 0 Å². The van der Waals surface area contributed by atoms with E-state index >= 15 is 0 Å². The zero-order valence-electron chi connectivity index (χ0n) is 10.5. The molecule has 2 rings (SSSR count). The quantitative estimate of drug-likeness (QED) is 0.869. The lowest BCUT2D eigenvalue weighted by Crippen LogP contribution is -2.03. The number of aromatic hydroxyl groups is 2. The molecule has 0 radical (unpaired) electrons. The van der Waals surface area contributed by atoms with Crippen molar-refractivity contribution in [2.24, 2.45) is 0 Å². The van der Waals surface area contributed by atoms with Gasteiger partial charge in [0.25, 0.3) is 0 Å². The third kappa shape index (κ3) is 2.50. The number of nitrogens with zero attached hydrogens (tertiary/aromatic N) is 2. The Bertz CT molecular complexity index is 836. The van der Waals surface area contributed by atoms with E-state index in [4.69, 9.17) is 10.5 Å². The minimum atomic E-state index is -3.96. The van der Waals surface area contributed by atoms with Crippen molar-refractivity contribution in [2.75, 3.05) is 0 Å². The van der Waals surface area contributed by atoms with Crippen molar-refractivity contribution in [3.05, 3.63) is 47.5 Å². The standard InChI is InChI=1S/C14H8N2O4S/c15-7-9-5-11(1-3-13(9)17)21(19,20)12-2-4-14(18)10(6-12)8-16/h1-6,17-18H. The number of sulfone groups is 1. The Morgan fingerprint density at radius 1 is 0.810 bits per heavy atom. The molecule has 104 valence electrons. The highest BCUT2D eigenvalue weighted by molar-refractivity contribution is 7.91. The van der Waals surface area contributed by atoms with Gasteiger partial charge in [0.05, 0.1) is 20.9 Å². The first kappa shape index (κ1) is 14.4. The Morgan fingerprint density at radius 2 is 1.19 bits per heavy atom. The summed E-state index contributed by atoms with van der Waals surface area (Å²) in [5.41, 5.74) is -0.342. The molecule has 0 aliphatic heterocycles. The summed E-state index contributed by atoms with van der Waals surface area (Å²) in [6.45, 7) is 0. The second-order valence-electron chi connectivity index (χ2n) is 4.08. The van der Waals surface area contributed by atoms with E-state index in [1.165, 1.54) is 0 Å². The van der Waals surface area contributed by atoms with Crippen LogP contribution in [0.4, 0.5) is 0 Å². The lowest BCUT2D eigenvalue weighted by atomic mass is 10.2. The second kappa shape index (κ2) is 5.16. The van der Waals surface area contributed by atoms with Crippen LogP contribution in [0.2, 0.25) is 0 Å². The summed E-state index contributed by atoms with van der Waals surface area (Å²) < 4.78 is 24.8. The predicted molar refractivity (Wildman–Crippen MR) is 71.1 cm³/mol. The maximum absolute atomic E-state index is 12.4. The molecule has 0 spiro atoms. The smallest absolute Gasteiger partial charge is 0.206 e. The van der Waals surface area contributed by atoms with Crippen molar-refractivity contribution in [1.82, 2.24) is 0 Å². The van der Waals surface area contributed by atoms with Crippen LogP contribution in [-0.4, -0.2) is 18.6 Å². The summed E-state index contributed by atoms with van der Waals surface area (Å²) in [7, 11) is -3.96. The van der Waals surface area contributed by atoms with E-state index in [1.54, 1.807) is 12.1 Å². The zero-order valence-corrected chi connectivity index (χ0v) is 11.3. The van der Waals surface area contributed by atoms with Gasteiger partial charge in [0.1, 0.15) is 23.6 Å². The maximum Gasteiger partial charge on any atom is 0.206 e. The van der Waals surface area contributed by atoms with E-state index < -0.39 is 9.84 Å². The molecule has 6 nitrogen and oxygen atoms in total. The molecule has 0 aliphatic rings. The van der Waals surface area contributed by atoms with Gasteiger partial charge < -0.3 is 10.2 Å². The fraction of sp³-hybridized carbons (Fsp3) is 0. The first-order valence-electron chi connectivity index (χ1n) is 5.61. The van der Waals surface area contributed by atoms with Crippen LogP contribution in [0.15, 0.2) is 46.2 Å². The third-order valence-corrected chi connectivity index (χ3v) is 4.55. The van der Waals surface area contributed by atoms with Gasteiger partial charge in [-0.25, -0.2) is 8.42 Å². The largest absolute Gasteiger partial charge is 0.507 e. The highest BCUT2D eigenvalue weighted by atomic mass is 32.2. The van der Waals surface area contributed by atoms with E-state index in [-0.39, 0.29) is 32.4 Å². The van der Waals surface area contributed by atoms with Crippen LogP contribution < -0.4 is 0 Å². The normalized spacial score (nSPS) is 10.6. The van der Waals surface area contributed by atoms with E-state index in [1.807, 2.05) is 0 Å². The highest BCUT2D eigenvalue weighted by Gasteiger charge is 2.20. The first-order chi connectivity index (χ1) is 9.90. The number of nitriles is 2. The van der Waals surface area contributed by atoms with Crippen LogP contribution in [0.1, 0.15) is 11.1 Å². The van der Waals surface area contributed by atoms with Crippen LogP contribution >= 0.6 is 0 Å². The topological polar surface area (TPSA) is 122 Å². The molecule has 0 amide bonds. The summed E-state index contributed by atoms with van der Waals surface area (Å²) in [4.78, 5) is -0.377. The lowest BCUT2D eigenvalue weighted by Gasteiger charge is -2.07. The number of phenolic OH excluding ortho intramolecular Hbond substituents is 2. The second-order valence-corrected chi connectivity index (χ2v) is 6.03. The van der Waals surface area contributed by atoms with Gasteiger partial charge in [-0.1, -0.05) is 0 Å². The number of phenols is 2. The summed E-state index contributed by atoms with van der Waals surface area (Å²) >= 11 is 0. The molecule has 0 saturated heterocycles. The Hall–Kier alpha value is -3.03. The van der Waals surface area contributed by atoms with Crippen LogP contribution in [0.25, 0.3) is 0 Å². The molecule has 2 N–H and O–H groups in total. The fourth-order valence-corrected chi connectivity index (χ4v) is 2.99. The van der Waals surface area contributed by atoms with Crippen molar-refractivity contribution in [3.8, 4) is 23.6 Å². The molecule has 0 bridgehead atoms.